The van der Waals surface area contributed by atoms with Crippen LogP contribution < -0.4 is 5.32 Å². The average molecular weight is 399 g/mol. The summed E-state index contributed by atoms with van der Waals surface area (Å²) in [5, 5.41) is 3.28. The molecule has 2 aromatic rings. The van der Waals surface area contributed by atoms with Gasteiger partial charge in [0.25, 0.3) is 0 Å². The molecule has 2 aromatic carbocycles. The minimum atomic E-state index is -3.50. The van der Waals surface area contributed by atoms with E-state index in [-0.39, 0.29) is 32.0 Å². The first-order chi connectivity index (χ1) is 12.3. The number of hydrogen-bond donors (Lipinski definition) is 1. The van der Waals surface area contributed by atoms with Gasteiger partial charge >= 0.3 is 0 Å². The molecule has 5 nitrogen and oxygen atoms in total. The lowest BCUT2D eigenvalue weighted by atomic mass is 10.2. The Bertz CT molecular complexity index is 857. The first-order valence-corrected chi connectivity index (χ1v) is 10.2. The predicted octanol–water partition coefficient (Wildman–Crippen LogP) is 2.95. The van der Waals surface area contributed by atoms with Crippen LogP contribution in [0.5, 0.6) is 0 Å². The number of amides is 1. The van der Waals surface area contributed by atoms with E-state index < -0.39 is 15.8 Å². The molecule has 1 amide bonds. The number of sulfonamides is 1. The summed E-state index contributed by atoms with van der Waals surface area (Å²) in [6, 6.07) is 12.7. The highest BCUT2D eigenvalue weighted by molar-refractivity contribution is 7.88. The Morgan fingerprint density at radius 2 is 1.81 bits per heavy atom. The standard InChI is InChI=1S/C18H20ClFN2O3S/c1-26(24,25)22(13-14-6-8-16(20)9-7-14)11-10-18(23)21-12-15-4-2-3-5-17(15)19/h2-9H,10-13H2,1H3,(H,21,23). The van der Waals surface area contributed by atoms with E-state index in [2.05, 4.69) is 5.32 Å². The third kappa shape index (κ3) is 6.40. The minimum absolute atomic E-state index is 0.0126. The van der Waals surface area contributed by atoms with Gasteiger partial charge in [0.15, 0.2) is 0 Å². The summed E-state index contributed by atoms with van der Waals surface area (Å²) in [5.74, 6) is -0.670. The molecule has 1 N–H and O–H groups in total. The van der Waals surface area contributed by atoms with Gasteiger partial charge in [-0.2, -0.15) is 4.31 Å². The van der Waals surface area contributed by atoms with E-state index in [0.29, 0.717) is 10.6 Å². The molecule has 0 radical (unpaired) electrons. The monoisotopic (exact) mass is 398 g/mol. The van der Waals surface area contributed by atoms with Gasteiger partial charge in [-0.25, -0.2) is 12.8 Å². The molecule has 0 saturated carbocycles. The van der Waals surface area contributed by atoms with Crippen LogP contribution in [0.2, 0.25) is 5.02 Å². The van der Waals surface area contributed by atoms with Crippen LogP contribution in [0.25, 0.3) is 0 Å². The van der Waals surface area contributed by atoms with Crippen LogP contribution in [0.4, 0.5) is 4.39 Å². The van der Waals surface area contributed by atoms with E-state index in [1.807, 2.05) is 6.07 Å². The third-order valence-electron chi connectivity index (χ3n) is 3.76. The van der Waals surface area contributed by atoms with Crippen molar-refractivity contribution in [1.29, 1.82) is 0 Å². The van der Waals surface area contributed by atoms with Gasteiger partial charge in [0, 0.05) is 31.1 Å². The summed E-state index contributed by atoms with van der Waals surface area (Å²) in [5.41, 5.74) is 1.43. The molecule has 0 aromatic heterocycles. The van der Waals surface area contributed by atoms with E-state index in [1.54, 1.807) is 18.2 Å². The zero-order valence-electron chi connectivity index (χ0n) is 14.3. The van der Waals surface area contributed by atoms with Gasteiger partial charge in [0.05, 0.1) is 6.26 Å². The van der Waals surface area contributed by atoms with Gasteiger partial charge in [0.2, 0.25) is 15.9 Å². The second-order valence-electron chi connectivity index (χ2n) is 5.84. The molecular weight excluding hydrogens is 379 g/mol. The van der Waals surface area contributed by atoms with E-state index in [0.717, 1.165) is 11.8 Å². The molecule has 0 heterocycles. The first kappa shape index (κ1) is 20.4. The molecule has 26 heavy (non-hydrogen) atoms. The molecule has 0 fully saturated rings. The maximum atomic E-state index is 13.0. The van der Waals surface area contributed by atoms with Crippen molar-refractivity contribution < 1.29 is 17.6 Å². The van der Waals surface area contributed by atoms with Crippen LogP contribution in [0.1, 0.15) is 17.5 Å². The zero-order chi connectivity index (χ0) is 19.2. The highest BCUT2D eigenvalue weighted by Crippen LogP contribution is 2.14. The maximum absolute atomic E-state index is 13.0. The molecule has 0 aliphatic carbocycles. The van der Waals surface area contributed by atoms with Crippen LogP contribution in [0.3, 0.4) is 0 Å². The topological polar surface area (TPSA) is 66.5 Å². The van der Waals surface area contributed by atoms with Crippen LogP contribution in [0.15, 0.2) is 48.5 Å². The van der Waals surface area contributed by atoms with Crippen molar-refractivity contribution in [3.63, 3.8) is 0 Å². The lowest BCUT2D eigenvalue weighted by molar-refractivity contribution is -0.121. The lowest BCUT2D eigenvalue weighted by Crippen LogP contribution is -2.34. The Morgan fingerprint density at radius 3 is 2.42 bits per heavy atom. The fourth-order valence-electron chi connectivity index (χ4n) is 2.31. The molecule has 140 valence electrons. The number of carbonyl (C=O) groups excluding carboxylic acids is 1. The summed E-state index contributed by atoms with van der Waals surface area (Å²) < 4.78 is 38.0. The number of nitrogens with zero attached hydrogens (tertiary/aromatic N) is 1. The van der Waals surface area contributed by atoms with E-state index in [9.17, 15) is 17.6 Å². The number of rotatable bonds is 8. The highest BCUT2D eigenvalue weighted by atomic mass is 35.5. The van der Waals surface area contributed by atoms with E-state index in [4.69, 9.17) is 11.6 Å². The van der Waals surface area contributed by atoms with Gasteiger partial charge in [-0.15, -0.1) is 0 Å². The molecule has 0 spiro atoms. The van der Waals surface area contributed by atoms with Crippen molar-refractivity contribution in [2.24, 2.45) is 0 Å². The normalized spacial score (nSPS) is 11.5. The Morgan fingerprint density at radius 1 is 1.15 bits per heavy atom. The van der Waals surface area contributed by atoms with Crippen molar-refractivity contribution in [1.82, 2.24) is 9.62 Å². The lowest BCUT2D eigenvalue weighted by Gasteiger charge is -2.20. The zero-order valence-corrected chi connectivity index (χ0v) is 15.9. The van der Waals surface area contributed by atoms with Gasteiger partial charge in [-0.1, -0.05) is 41.9 Å². The van der Waals surface area contributed by atoms with Gasteiger partial charge in [-0.05, 0) is 29.3 Å². The molecular formula is C18H20ClFN2O3S. The maximum Gasteiger partial charge on any atom is 0.221 e. The minimum Gasteiger partial charge on any atom is -0.352 e. The highest BCUT2D eigenvalue weighted by Gasteiger charge is 2.18. The van der Waals surface area contributed by atoms with Crippen LogP contribution in [-0.2, 0) is 27.9 Å². The molecule has 2 rings (SSSR count). The molecule has 0 aliphatic rings. The number of hydrogen-bond acceptors (Lipinski definition) is 3. The second kappa shape index (κ2) is 9.12. The fourth-order valence-corrected chi connectivity index (χ4v) is 3.31. The smallest absolute Gasteiger partial charge is 0.221 e. The Kier molecular flexibility index (Phi) is 7.14. The molecule has 0 unspecified atom stereocenters. The summed E-state index contributed by atoms with van der Waals surface area (Å²) in [7, 11) is -3.50. The van der Waals surface area contributed by atoms with Crippen molar-refractivity contribution in [3.8, 4) is 0 Å². The number of nitrogens with one attached hydrogen (secondary N) is 1. The molecule has 0 aliphatic heterocycles. The largest absolute Gasteiger partial charge is 0.352 e. The van der Waals surface area contributed by atoms with Gasteiger partial charge in [-0.3, -0.25) is 4.79 Å². The Labute approximate surface area is 157 Å². The first-order valence-electron chi connectivity index (χ1n) is 7.95. The summed E-state index contributed by atoms with van der Waals surface area (Å²) in [4.78, 5) is 12.0. The Balaban J connectivity index is 1.91. The second-order valence-corrected chi connectivity index (χ2v) is 8.23. The third-order valence-corrected chi connectivity index (χ3v) is 5.38. The summed E-state index contributed by atoms with van der Waals surface area (Å²) in [6.07, 6.45) is 1.09. The summed E-state index contributed by atoms with van der Waals surface area (Å²) in [6.45, 7) is 0.386. The average Bonchev–Trinajstić information content (AvgIpc) is 2.58. The van der Waals surface area contributed by atoms with Crippen LogP contribution >= 0.6 is 11.6 Å². The van der Waals surface area contributed by atoms with Crippen LogP contribution in [-0.4, -0.2) is 31.4 Å². The Hall–Kier alpha value is -1.96. The van der Waals surface area contributed by atoms with Crippen molar-refractivity contribution in [3.05, 3.63) is 70.5 Å². The molecule has 0 atom stereocenters. The van der Waals surface area contributed by atoms with Crippen molar-refractivity contribution in [2.45, 2.75) is 19.5 Å². The molecule has 0 saturated heterocycles. The van der Waals surface area contributed by atoms with Gasteiger partial charge < -0.3 is 5.32 Å². The number of carbonyl (C=O) groups is 1. The fraction of sp³-hybridized carbons (Fsp3) is 0.278. The van der Waals surface area contributed by atoms with E-state index in [1.165, 1.54) is 28.6 Å². The summed E-state index contributed by atoms with van der Waals surface area (Å²) >= 11 is 6.03. The van der Waals surface area contributed by atoms with Gasteiger partial charge in [0.1, 0.15) is 5.82 Å². The number of halogens is 2. The molecule has 8 heteroatoms. The molecule has 0 bridgehead atoms. The van der Waals surface area contributed by atoms with Crippen molar-refractivity contribution in [2.75, 3.05) is 12.8 Å². The van der Waals surface area contributed by atoms with E-state index >= 15 is 0 Å². The van der Waals surface area contributed by atoms with Crippen molar-refractivity contribution >= 4 is 27.5 Å². The van der Waals surface area contributed by atoms with Crippen LogP contribution in [0, 0.1) is 5.82 Å². The quantitative estimate of drug-likeness (QED) is 0.743. The SMILES string of the molecule is CS(=O)(=O)N(CCC(=O)NCc1ccccc1Cl)Cc1ccc(F)cc1. The predicted molar refractivity (Wildman–Crippen MR) is 99.6 cm³/mol. The number of benzene rings is 2.